The van der Waals surface area contributed by atoms with E-state index in [4.69, 9.17) is 14.2 Å². The molecule has 2 aromatic rings. The Labute approximate surface area is 209 Å². The molecule has 0 radical (unpaired) electrons. The van der Waals surface area contributed by atoms with Crippen molar-refractivity contribution < 1.29 is 31.8 Å². The molecule has 0 spiro atoms. The molecule has 1 aromatic carbocycles. The van der Waals surface area contributed by atoms with Crippen molar-refractivity contribution in [2.75, 3.05) is 37.9 Å². The summed E-state index contributed by atoms with van der Waals surface area (Å²) < 4.78 is 55.8. The van der Waals surface area contributed by atoms with E-state index in [-0.39, 0.29) is 46.1 Å². The number of hydrogen-bond donors (Lipinski definition) is 1. The number of hydrogen-bond acceptors (Lipinski definition) is 9. The second-order valence-electron chi connectivity index (χ2n) is 10.4. The molecule has 1 aromatic heterocycles. The summed E-state index contributed by atoms with van der Waals surface area (Å²) in [5.74, 6) is -0.164. The quantitative estimate of drug-likeness (QED) is 0.634. The van der Waals surface area contributed by atoms with E-state index < -0.39 is 15.7 Å². The maximum Gasteiger partial charge on any atom is 0.410 e. The lowest BCUT2D eigenvalue weighted by Gasteiger charge is -2.57. The van der Waals surface area contributed by atoms with Crippen LogP contribution in [0.25, 0.3) is 0 Å². The standard InChI is InChI=1S/C24H29FN4O6S/c1-13-21(28-18-6-5-15(7-17(18)25)36(4,31)32)26-12-27-22(13)35-19-14-8-29-20(16(19)10-33-9-14)24(2,3)11-34-23(29)30/h5-7,12,14,16,19-20H,8-11H2,1-4H3,(H,26,27,28). The van der Waals surface area contributed by atoms with E-state index in [1.165, 1.54) is 18.5 Å². The lowest BCUT2D eigenvalue weighted by molar-refractivity contribution is -0.174. The highest BCUT2D eigenvalue weighted by Gasteiger charge is 2.57. The Morgan fingerprint density at radius 1 is 1.25 bits per heavy atom. The molecule has 1 N–H and O–H groups in total. The number of sulfone groups is 1. The molecular weight excluding hydrogens is 491 g/mol. The van der Waals surface area contributed by atoms with Gasteiger partial charge in [-0.1, -0.05) is 13.8 Å². The molecule has 10 nitrogen and oxygen atoms in total. The molecule has 5 rings (SSSR count). The SMILES string of the molecule is Cc1c(Nc2ccc(S(C)(=O)=O)cc2F)ncnc1OC1C2COCC1C1N(C2)C(=O)OCC1(C)C. The van der Waals surface area contributed by atoms with Gasteiger partial charge >= 0.3 is 6.09 Å². The zero-order valence-corrected chi connectivity index (χ0v) is 21.3. The molecule has 0 saturated carbocycles. The molecule has 4 atom stereocenters. The smallest absolute Gasteiger partial charge is 0.410 e. The number of nitrogens with zero attached hydrogens (tertiary/aromatic N) is 3. The van der Waals surface area contributed by atoms with Gasteiger partial charge in [0, 0.05) is 30.1 Å². The maximum atomic E-state index is 14.6. The summed E-state index contributed by atoms with van der Waals surface area (Å²) in [6.45, 7) is 7.60. The van der Waals surface area contributed by atoms with Gasteiger partial charge in [0.1, 0.15) is 30.7 Å². The normalized spacial score (nSPS) is 27.1. The van der Waals surface area contributed by atoms with Gasteiger partial charge in [0.15, 0.2) is 9.84 Å². The first-order valence-corrected chi connectivity index (χ1v) is 13.6. The average molecular weight is 521 g/mol. The number of benzene rings is 1. The van der Waals surface area contributed by atoms with Gasteiger partial charge in [-0.15, -0.1) is 0 Å². The van der Waals surface area contributed by atoms with Crippen molar-refractivity contribution >= 4 is 27.4 Å². The number of piperidine rings is 1. The molecule has 4 unspecified atom stereocenters. The highest BCUT2D eigenvalue weighted by atomic mass is 32.2. The fraction of sp³-hybridized carbons (Fsp3) is 0.542. The summed E-state index contributed by atoms with van der Waals surface area (Å²) in [6, 6.07) is 3.55. The lowest BCUT2D eigenvalue weighted by atomic mass is 9.68. The molecule has 3 aliphatic heterocycles. The van der Waals surface area contributed by atoms with E-state index in [1.807, 2.05) is 4.90 Å². The summed E-state index contributed by atoms with van der Waals surface area (Å²) >= 11 is 0. The van der Waals surface area contributed by atoms with Crippen molar-refractivity contribution in [3.05, 3.63) is 35.9 Å². The minimum Gasteiger partial charge on any atom is -0.473 e. The van der Waals surface area contributed by atoms with Crippen molar-refractivity contribution in [3.63, 3.8) is 0 Å². The highest BCUT2D eigenvalue weighted by molar-refractivity contribution is 7.90. The van der Waals surface area contributed by atoms with Crippen molar-refractivity contribution in [2.45, 2.75) is 37.8 Å². The van der Waals surface area contributed by atoms with E-state index in [2.05, 4.69) is 29.1 Å². The summed E-state index contributed by atoms with van der Waals surface area (Å²) in [5.41, 5.74) is 0.374. The third kappa shape index (κ3) is 4.36. The number of amides is 1. The number of fused-ring (bicyclic) bond motifs is 4. The Kier molecular flexibility index (Phi) is 6.06. The molecule has 12 heteroatoms. The molecule has 2 bridgehead atoms. The number of carbonyl (C=O) groups excluding carboxylic acids is 1. The van der Waals surface area contributed by atoms with Crippen LogP contribution in [0.15, 0.2) is 29.4 Å². The molecule has 0 aliphatic carbocycles. The molecule has 3 fully saturated rings. The Morgan fingerprint density at radius 3 is 2.75 bits per heavy atom. The van der Waals surface area contributed by atoms with Crippen LogP contribution in [-0.2, 0) is 19.3 Å². The Bertz CT molecular complexity index is 1300. The third-order valence-corrected chi connectivity index (χ3v) is 8.32. The molecule has 36 heavy (non-hydrogen) atoms. The largest absolute Gasteiger partial charge is 0.473 e. The van der Waals surface area contributed by atoms with Crippen LogP contribution in [0.2, 0.25) is 0 Å². The minimum absolute atomic E-state index is 0.0618. The van der Waals surface area contributed by atoms with Crippen molar-refractivity contribution in [2.24, 2.45) is 17.3 Å². The molecule has 4 heterocycles. The number of halogens is 1. The fourth-order valence-electron chi connectivity index (χ4n) is 5.47. The molecule has 3 aliphatic rings. The molecule has 194 valence electrons. The predicted octanol–water partition coefficient (Wildman–Crippen LogP) is 2.94. The first-order valence-electron chi connectivity index (χ1n) is 11.7. The van der Waals surface area contributed by atoms with Gasteiger partial charge in [0.25, 0.3) is 0 Å². The molecule has 3 saturated heterocycles. The minimum atomic E-state index is -3.53. The predicted molar refractivity (Wildman–Crippen MR) is 127 cm³/mol. The average Bonchev–Trinajstić information content (AvgIpc) is 2.79. The van der Waals surface area contributed by atoms with Crippen LogP contribution < -0.4 is 10.1 Å². The van der Waals surface area contributed by atoms with Crippen LogP contribution in [0.4, 0.5) is 20.7 Å². The fourth-order valence-corrected chi connectivity index (χ4v) is 6.10. The van der Waals surface area contributed by atoms with Gasteiger partial charge in [-0.25, -0.2) is 27.6 Å². The third-order valence-electron chi connectivity index (χ3n) is 7.21. The first kappa shape index (κ1) is 24.7. The Balaban J connectivity index is 1.41. The molecular formula is C24H29FN4O6S. The first-order chi connectivity index (χ1) is 17.0. The van der Waals surface area contributed by atoms with Crippen LogP contribution in [0.5, 0.6) is 5.88 Å². The van der Waals surface area contributed by atoms with Crippen molar-refractivity contribution in [3.8, 4) is 5.88 Å². The van der Waals surface area contributed by atoms with Crippen LogP contribution in [0.1, 0.15) is 19.4 Å². The van der Waals surface area contributed by atoms with Crippen molar-refractivity contribution in [1.82, 2.24) is 14.9 Å². The molecule has 1 amide bonds. The zero-order chi connectivity index (χ0) is 25.8. The Morgan fingerprint density at radius 2 is 2.03 bits per heavy atom. The zero-order valence-electron chi connectivity index (χ0n) is 20.5. The second kappa shape index (κ2) is 8.84. The van der Waals surface area contributed by atoms with Gasteiger partial charge in [0.05, 0.1) is 35.4 Å². The second-order valence-corrected chi connectivity index (χ2v) is 12.4. The van der Waals surface area contributed by atoms with Gasteiger partial charge in [-0.3, -0.25) is 0 Å². The summed E-state index contributed by atoms with van der Waals surface area (Å²) in [7, 11) is -3.53. The van der Waals surface area contributed by atoms with E-state index in [0.717, 1.165) is 12.3 Å². The number of nitrogens with one attached hydrogen (secondary N) is 1. The number of cyclic esters (lactones) is 1. The van der Waals surface area contributed by atoms with E-state index in [9.17, 15) is 17.6 Å². The van der Waals surface area contributed by atoms with Crippen LogP contribution in [0, 0.1) is 30.0 Å². The highest BCUT2D eigenvalue weighted by Crippen LogP contribution is 2.45. The van der Waals surface area contributed by atoms with Gasteiger partial charge < -0.3 is 24.4 Å². The lowest BCUT2D eigenvalue weighted by Crippen LogP contribution is -2.70. The van der Waals surface area contributed by atoms with Crippen LogP contribution in [0.3, 0.4) is 0 Å². The summed E-state index contributed by atoms with van der Waals surface area (Å²) in [6.07, 6.45) is 1.81. The van der Waals surface area contributed by atoms with Crippen LogP contribution >= 0.6 is 0 Å². The maximum absolute atomic E-state index is 14.6. The Hall–Kier alpha value is -2.99. The summed E-state index contributed by atoms with van der Waals surface area (Å²) in [4.78, 5) is 22.8. The van der Waals surface area contributed by atoms with Crippen LogP contribution in [-0.4, -0.2) is 74.1 Å². The van der Waals surface area contributed by atoms with Crippen molar-refractivity contribution in [1.29, 1.82) is 0 Å². The number of aromatic nitrogens is 2. The van der Waals surface area contributed by atoms with E-state index >= 15 is 0 Å². The topological polar surface area (TPSA) is 120 Å². The van der Waals surface area contributed by atoms with Gasteiger partial charge in [-0.2, -0.15) is 0 Å². The van der Waals surface area contributed by atoms with Gasteiger partial charge in [0.2, 0.25) is 5.88 Å². The number of ether oxygens (including phenoxy) is 3. The van der Waals surface area contributed by atoms with E-state index in [0.29, 0.717) is 43.6 Å². The number of anilines is 2. The number of rotatable bonds is 5. The van der Waals surface area contributed by atoms with Gasteiger partial charge in [-0.05, 0) is 25.1 Å². The number of carbonyl (C=O) groups is 1. The van der Waals surface area contributed by atoms with E-state index in [1.54, 1.807) is 6.92 Å². The summed E-state index contributed by atoms with van der Waals surface area (Å²) in [5, 5.41) is 2.92. The monoisotopic (exact) mass is 520 g/mol.